The zero-order valence-corrected chi connectivity index (χ0v) is 13.8. The van der Waals surface area contributed by atoms with E-state index in [9.17, 15) is 4.79 Å². The molecular formula is C19H23NOS. The summed E-state index contributed by atoms with van der Waals surface area (Å²) in [7, 11) is 0. The lowest BCUT2D eigenvalue weighted by atomic mass is 10.1. The highest BCUT2D eigenvalue weighted by molar-refractivity contribution is 7.99. The molecule has 0 unspecified atom stereocenters. The molecule has 0 aliphatic rings. The van der Waals surface area contributed by atoms with E-state index in [4.69, 9.17) is 0 Å². The van der Waals surface area contributed by atoms with Crippen molar-refractivity contribution in [1.82, 2.24) is 5.32 Å². The van der Waals surface area contributed by atoms with Crippen LogP contribution in [0, 0.1) is 0 Å². The first kappa shape index (κ1) is 16.6. The first-order valence-electron chi connectivity index (χ1n) is 7.75. The summed E-state index contributed by atoms with van der Waals surface area (Å²) in [6.45, 7) is 2.07. The fourth-order valence-corrected chi connectivity index (χ4v) is 3.10. The Labute approximate surface area is 137 Å². The number of hydrogen-bond acceptors (Lipinski definition) is 2. The Bertz CT molecular complexity index is 556. The van der Waals surface area contributed by atoms with E-state index >= 15 is 0 Å². The third kappa shape index (κ3) is 6.35. The van der Waals surface area contributed by atoms with Crippen molar-refractivity contribution in [3.8, 4) is 0 Å². The molecule has 0 saturated carbocycles. The number of carbonyl (C=O) groups excluding carboxylic acids is 1. The molecule has 1 atom stereocenters. The number of amides is 1. The van der Waals surface area contributed by atoms with Crippen LogP contribution in [0.25, 0.3) is 0 Å². The number of hydrogen-bond donors (Lipinski definition) is 1. The fraction of sp³-hybridized carbons (Fsp3) is 0.316. The second-order valence-corrected chi connectivity index (χ2v) is 6.57. The van der Waals surface area contributed by atoms with Crippen LogP contribution in [-0.4, -0.2) is 17.7 Å². The molecule has 22 heavy (non-hydrogen) atoms. The number of rotatable bonds is 8. The van der Waals surface area contributed by atoms with Gasteiger partial charge < -0.3 is 5.32 Å². The van der Waals surface area contributed by atoms with E-state index in [1.54, 1.807) is 11.8 Å². The standard InChI is InChI=1S/C19H23NOS/c1-16(12-13-17-8-4-2-5-9-17)20-19(21)14-15-22-18-10-6-3-7-11-18/h2-11,16H,12-15H2,1H3,(H,20,21)/t16-/m1/s1. The van der Waals surface area contributed by atoms with Gasteiger partial charge in [0.25, 0.3) is 0 Å². The van der Waals surface area contributed by atoms with E-state index < -0.39 is 0 Å². The predicted octanol–water partition coefficient (Wildman–Crippen LogP) is 4.31. The van der Waals surface area contributed by atoms with Gasteiger partial charge in [-0.1, -0.05) is 48.5 Å². The van der Waals surface area contributed by atoms with Crippen molar-refractivity contribution in [2.75, 3.05) is 5.75 Å². The SMILES string of the molecule is C[C@H](CCc1ccccc1)NC(=O)CCSc1ccccc1. The minimum Gasteiger partial charge on any atom is -0.354 e. The van der Waals surface area contributed by atoms with Crippen molar-refractivity contribution < 1.29 is 4.79 Å². The van der Waals surface area contributed by atoms with Crippen molar-refractivity contribution >= 4 is 17.7 Å². The number of aryl methyl sites for hydroxylation is 1. The molecule has 0 bridgehead atoms. The summed E-state index contributed by atoms with van der Waals surface area (Å²) >= 11 is 1.73. The molecule has 2 rings (SSSR count). The van der Waals surface area contributed by atoms with Crippen LogP contribution in [0.2, 0.25) is 0 Å². The van der Waals surface area contributed by atoms with Crippen molar-refractivity contribution in [3.05, 3.63) is 66.2 Å². The number of benzene rings is 2. The Hall–Kier alpha value is -1.74. The second-order valence-electron chi connectivity index (χ2n) is 5.40. The third-order valence-corrected chi connectivity index (χ3v) is 4.47. The fourth-order valence-electron chi connectivity index (χ4n) is 2.23. The first-order valence-corrected chi connectivity index (χ1v) is 8.74. The maximum absolute atomic E-state index is 11.9. The summed E-state index contributed by atoms with van der Waals surface area (Å²) in [6, 6.07) is 20.8. The smallest absolute Gasteiger partial charge is 0.221 e. The zero-order chi connectivity index (χ0) is 15.6. The minimum atomic E-state index is 0.143. The van der Waals surface area contributed by atoms with E-state index in [0.29, 0.717) is 6.42 Å². The van der Waals surface area contributed by atoms with Gasteiger partial charge in [-0.3, -0.25) is 4.79 Å². The summed E-state index contributed by atoms with van der Waals surface area (Å²) in [4.78, 5) is 13.1. The Morgan fingerprint density at radius 3 is 2.36 bits per heavy atom. The molecule has 0 fully saturated rings. The average molecular weight is 313 g/mol. The topological polar surface area (TPSA) is 29.1 Å². The highest BCUT2D eigenvalue weighted by atomic mass is 32.2. The minimum absolute atomic E-state index is 0.143. The second kappa shape index (κ2) is 9.31. The largest absolute Gasteiger partial charge is 0.354 e. The van der Waals surface area contributed by atoms with Crippen molar-refractivity contribution in [3.63, 3.8) is 0 Å². The molecule has 116 valence electrons. The van der Waals surface area contributed by atoms with Crippen LogP contribution in [0.1, 0.15) is 25.3 Å². The molecule has 3 heteroatoms. The van der Waals surface area contributed by atoms with Crippen LogP contribution in [0.4, 0.5) is 0 Å². The van der Waals surface area contributed by atoms with Gasteiger partial charge in [0.1, 0.15) is 0 Å². The number of thioether (sulfide) groups is 1. The quantitative estimate of drug-likeness (QED) is 0.736. The first-order chi connectivity index (χ1) is 10.7. The molecule has 0 spiro atoms. The van der Waals surface area contributed by atoms with Gasteiger partial charge >= 0.3 is 0 Å². The number of carbonyl (C=O) groups is 1. The molecule has 1 amide bonds. The summed E-state index contributed by atoms with van der Waals surface area (Å²) in [5.41, 5.74) is 1.32. The molecule has 0 saturated heterocycles. The van der Waals surface area contributed by atoms with Crippen LogP contribution in [0.15, 0.2) is 65.6 Å². The van der Waals surface area contributed by atoms with Crippen molar-refractivity contribution in [2.45, 2.75) is 37.1 Å². The monoisotopic (exact) mass is 313 g/mol. The van der Waals surface area contributed by atoms with Crippen molar-refractivity contribution in [1.29, 1.82) is 0 Å². The highest BCUT2D eigenvalue weighted by Gasteiger charge is 2.07. The van der Waals surface area contributed by atoms with Gasteiger partial charge in [-0.25, -0.2) is 0 Å². The molecule has 1 N–H and O–H groups in total. The summed E-state index contributed by atoms with van der Waals surface area (Å²) < 4.78 is 0. The van der Waals surface area contributed by atoms with Crippen LogP contribution in [0.5, 0.6) is 0 Å². The summed E-state index contributed by atoms with van der Waals surface area (Å²) in [5.74, 6) is 0.963. The molecular weight excluding hydrogens is 290 g/mol. The van der Waals surface area contributed by atoms with E-state index in [2.05, 4.69) is 48.6 Å². The Morgan fingerprint density at radius 2 is 1.68 bits per heavy atom. The molecule has 0 aliphatic carbocycles. The maximum Gasteiger partial charge on any atom is 0.221 e. The Balaban J connectivity index is 1.62. The van der Waals surface area contributed by atoms with Gasteiger partial charge in [0, 0.05) is 23.1 Å². The zero-order valence-electron chi connectivity index (χ0n) is 13.0. The molecule has 0 heterocycles. The van der Waals surface area contributed by atoms with Crippen LogP contribution in [-0.2, 0) is 11.2 Å². The lowest BCUT2D eigenvalue weighted by Crippen LogP contribution is -2.33. The average Bonchev–Trinajstić information content (AvgIpc) is 2.55. The van der Waals surface area contributed by atoms with Crippen LogP contribution < -0.4 is 5.32 Å². The van der Waals surface area contributed by atoms with E-state index in [0.717, 1.165) is 18.6 Å². The Kier molecular flexibility index (Phi) is 7.04. The van der Waals surface area contributed by atoms with Gasteiger partial charge in [-0.05, 0) is 37.5 Å². The van der Waals surface area contributed by atoms with Crippen LogP contribution >= 0.6 is 11.8 Å². The lowest BCUT2D eigenvalue weighted by Gasteiger charge is -2.13. The van der Waals surface area contributed by atoms with Gasteiger partial charge in [0.2, 0.25) is 5.91 Å². The van der Waals surface area contributed by atoms with Crippen LogP contribution in [0.3, 0.4) is 0 Å². The van der Waals surface area contributed by atoms with Gasteiger partial charge in [0.05, 0.1) is 0 Å². The van der Waals surface area contributed by atoms with Gasteiger partial charge in [-0.15, -0.1) is 11.8 Å². The van der Waals surface area contributed by atoms with E-state index in [1.807, 2.05) is 24.3 Å². The van der Waals surface area contributed by atoms with Gasteiger partial charge in [0.15, 0.2) is 0 Å². The molecule has 2 aromatic rings. The molecule has 2 nitrogen and oxygen atoms in total. The maximum atomic E-state index is 11.9. The predicted molar refractivity (Wildman–Crippen MR) is 94.2 cm³/mol. The van der Waals surface area contributed by atoms with E-state index in [1.165, 1.54) is 10.5 Å². The Morgan fingerprint density at radius 1 is 1.05 bits per heavy atom. The molecule has 2 aromatic carbocycles. The molecule has 0 aliphatic heterocycles. The molecule has 0 aromatic heterocycles. The third-order valence-electron chi connectivity index (χ3n) is 3.46. The summed E-state index contributed by atoms with van der Waals surface area (Å²) in [5, 5.41) is 3.08. The highest BCUT2D eigenvalue weighted by Crippen LogP contribution is 2.17. The molecule has 0 radical (unpaired) electrons. The van der Waals surface area contributed by atoms with Gasteiger partial charge in [-0.2, -0.15) is 0 Å². The lowest BCUT2D eigenvalue weighted by molar-refractivity contribution is -0.121. The van der Waals surface area contributed by atoms with E-state index in [-0.39, 0.29) is 11.9 Å². The van der Waals surface area contributed by atoms with Crippen molar-refractivity contribution in [2.24, 2.45) is 0 Å². The normalized spacial score (nSPS) is 11.9. The number of nitrogens with one attached hydrogen (secondary N) is 1. The summed E-state index contributed by atoms with van der Waals surface area (Å²) in [6.07, 6.45) is 2.54.